The zero-order valence-corrected chi connectivity index (χ0v) is 12.8. The molecule has 0 saturated heterocycles. The molecule has 0 aromatic carbocycles. The zero-order valence-electron chi connectivity index (χ0n) is 12.8. The molecule has 0 aliphatic heterocycles. The van der Waals surface area contributed by atoms with Gasteiger partial charge in [0.15, 0.2) is 0 Å². The number of hydrogen-bond donors (Lipinski definition) is 1. The second-order valence-electron chi connectivity index (χ2n) is 7.09. The molecular formula is C15H28N4. The van der Waals surface area contributed by atoms with Gasteiger partial charge in [-0.15, -0.1) is 0 Å². The van der Waals surface area contributed by atoms with Crippen molar-refractivity contribution in [1.82, 2.24) is 20.1 Å². The highest BCUT2D eigenvalue weighted by molar-refractivity contribution is 4.88. The normalized spacial score (nSPS) is 22.9. The minimum atomic E-state index is 0.488. The second kappa shape index (κ2) is 6.04. The molecule has 1 heterocycles. The molecule has 1 aliphatic rings. The highest BCUT2D eigenvalue weighted by atomic mass is 15.3. The molecular weight excluding hydrogens is 236 g/mol. The topological polar surface area (TPSA) is 42.7 Å². The Morgan fingerprint density at radius 2 is 2.26 bits per heavy atom. The average molecular weight is 264 g/mol. The maximum absolute atomic E-state index is 4.38. The van der Waals surface area contributed by atoms with E-state index >= 15 is 0 Å². The largest absolute Gasteiger partial charge is 0.307 e. The molecule has 1 atom stereocenters. The Hall–Kier alpha value is -0.900. The summed E-state index contributed by atoms with van der Waals surface area (Å²) >= 11 is 0. The van der Waals surface area contributed by atoms with Crippen LogP contribution in [0.15, 0.2) is 6.33 Å². The Labute approximate surface area is 117 Å². The number of nitrogens with zero attached hydrogens (tertiary/aromatic N) is 3. The third-order valence-corrected chi connectivity index (χ3v) is 3.99. The first kappa shape index (κ1) is 14.5. The summed E-state index contributed by atoms with van der Waals surface area (Å²) < 4.78 is 2.03. The maximum atomic E-state index is 4.38. The highest BCUT2D eigenvalue weighted by Gasteiger charge is 2.27. The molecule has 4 heteroatoms. The minimum absolute atomic E-state index is 0.488. The van der Waals surface area contributed by atoms with Gasteiger partial charge in [-0.1, -0.05) is 34.1 Å². The van der Waals surface area contributed by atoms with Crippen LogP contribution in [0.25, 0.3) is 0 Å². The first-order chi connectivity index (χ1) is 8.96. The van der Waals surface area contributed by atoms with Crippen molar-refractivity contribution in [2.45, 2.75) is 72.5 Å². The van der Waals surface area contributed by atoms with Crippen LogP contribution >= 0.6 is 0 Å². The van der Waals surface area contributed by atoms with E-state index in [1.807, 2.05) is 4.68 Å². The number of nitrogens with one attached hydrogen (secondary N) is 1. The van der Waals surface area contributed by atoms with Crippen LogP contribution in [0.2, 0.25) is 0 Å². The van der Waals surface area contributed by atoms with Gasteiger partial charge in [0.25, 0.3) is 0 Å². The summed E-state index contributed by atoms with van der Waals surface area (Å²) in [6.07, 6.45) is 6.93. The van der Waals surface area contributed by atoms with Crippen LogP contribution in [0, 0.1) is 11.3 Å². The molecule has 0 radical (unpaired) electrons. The molecule has 108 valence electrons. The Kier molecular flexibility index (Phi) is 4.61. The molecule has 1 aromatic rings. The monoisotopic (exact) mass is 264 g/mol. The molecule has 0 amide bonds. The van der Waals surface area contributed by atoms with Gasteiger partial charge in [0, 0.05) is 12.6 Å². The van der Waals surface area contributed by atoms with Gasteiger partial charge in [0.2, 0.25) is 0 Å². The lowest BCUT2D eigenvalue weighted by atomic mass is 9.75. The minimum Gasteiger partial charge on any atom is -0.307 e. The predicted molar refractivity (Wildman–Crippen MR) is 77.7 cm³/mol. The lowest BCUT2D eigenvalue weighted by Gasteiger charge is -2.35. The van der Waals surface area contributed by atoms with E-state index < -0.39 is 0 Å². The van der Waals surface area contributed by atoms with Gasteiger partial charge in [0.05, 0.1) is 6.54 Å². The molecule has 4 nitrogen and oxygen atoms in total. The molecule has 1 unspecified atom stereocenters. The van der Waals surface area contributed by atoms with E-state index in [0.29, 0.717) is 17.4 Å². The van der Waals surface area contributed by atoms with Crippen LogP contribution in [0.5, 0.6) is 0 Å². The maximum Gasteiger partial charge on any atom is 0.140 e. The fraction of sp³-hybridized carbons (Fsp3) is 0.867. The summed E-state index contributed by atoms with van der Waals surface area (Å²) in [7, 11) is 0. The molecule has 2 rings (SSSR count). The van der Waals surface area contributed by atoms with E-state index in [9.17, 15) is 0 Å². The summed E-state index contributed by atoms with van der Waals surface area (Å²) in [6.45, 7) is 11.0. The predicted octanol–water partition coefficient (Wildman–Crippen LogP) is 2.99. The van der Waals surface area contributed by atoms with Crippen molar-refractivity contribution in [3.8, 4) is 0 Å². The van der Waals surface area contributed by atoms with Gasteiger partial charge in [-0.2, -0.15) is 5.10 Å². The van der Waals surface area contributed by atoms with Crippen molar-refractivity contribution in [2.24, 2.45) is 11.3 Å². The number of rotatable bonds is 5. The van der Waals surface area contributed by atoms with Crippen molar-refractivity contribution < 1.29 is 0 Å². The van der Waals surface area contributed by atoms with Gasteiger partial charge < -0.3 is 5.32 Å². The quantitative estimate of drug-likeness (QED) is 0.889. The number of aromatic nitrogens is 3. The summed E-state index contributed by atoms with van der Waals surface area (Å²) in [5, 5.41) is 7.98. The second-order valence-corrected chi connectivity index (χ2v) is 7.09. The van der Waals surface area contributed by atoms with Gasteiger partial charge in [-0.3, -0.25) is 0 Å². The zero-order chi connectivity index (χ0) is 13.9. The lowest BCUT2D eigenvalue weighted by molar-refractivity contribution is 0.196. The van der Waals surface area contributed by atoms with Crippen LogP contribution in [0.4, 0.5) is 0 Å². The van der Waals surface area contributed by atoms with E-state index in [1.165, 1.54) is 25.7 Å². The highest BCUT2D eigenvalue weighted by Crippen LogP contribution is 2.35. The lowest BCUT2D eigenvalue weighted by Crippen LogP contribution is -2.37. The van der Waals surface area contributed by atoms with Crippen molar-refractivity contribution in [3.63, 3.8) is 0 Å². The smallest absolute Gasteiger partial charge is 0.140 e. The first-order valence-electron chi connectivity index (χ1n) is 7.56. The molecule has 0 bridgehead atoms. The Morgan fingerprint density at radius 3 is 2.95 bits per heavy atom. The van der Waals surface area contributed by atoms with E-state index in [0.717, 1.165) is 18.9 Å². The fourth-order valence-corrected chi connectivity index (χ4v) is 3.03. The summed E-state index contributed by atoms with van der Waals surface area (Å²) in [5.74, 6) is 1.67. The van der Waals surface area contributed by atoms with Gasteiger partial charge in [0.1, 0.15) is 12.2 Å². The van der Waals surface area contributed by atoms with Crippen molar-refractivity contribution in [3.05, 3.63) is 12.2 Å². The van der Waals surface area contributed by atoms with Crippen molar-refractivity contribution in [1.29, 1.82) is 0 Å². The van der Waals surface area contributed by atoms with Crippen LogP contribution in [0.3, 0.4) is 0 Å². The van der Waals surface area contributed by atoms with Crippen molar-refractivity contribution >= 4 is 0 Å². The summed E-state index contributed by atoms with van der Waals surface area (Å²) in [4.78, 5) is 4.38. The standard InChI is InChI=1S/C15H28N4/c1-12(2)10-19-14(17-11-18-19)9-16-13-6-5-7-15(3,4)8-13/h11-13,16H,5-10H2,1-4H3. The van der Waals surface area contributed by atoms with Crippen LogP contribution < -0.4 is 5.32 Å². The van der Waals surface area contributed by atoms with Gasteiger partial charge in [-0.25, -0.2) is 9.67 Å². The van der Waals surface area contributed by atoms with Crippen LogP contribution in [-0.2, 0) is 13.1 Å². The van der Waals surface area contributed by atoms with Crippen LogP contribution in [0.1, 0.15) is 59.2 Å². The molecule has 1 saturated carbocycles. The third-order valence-electron chi connectivity index (χ3n) is 3.99. The van der Waals surface area contributed by atoms with Crippen LogP contribution in [-0.4, -0.2) is 20.8 Å². The molecule has 0 spiro atoms. The van der Waals surface area contributed by atoms with Gasteiger partial charge in [-0.05, 0) is 30.6 Å². The Balaban J connectivity index is 1.87. The van der Waals surface area contributed by atoms with Gasteiger partial charge >= 0.3 is 0 Å². The van der Waals surface area contributed by atoms with E-state index in [-0.39, 0.29) is 0 Å². The molecule has 1 aliphatic carbocycles. The van der Waals surface area contributed by atoms with E-state index in [2.05, 4.69) is 43.1 Å². The number of hydrogen-bond acceptors (Lipinski definition) is 3. The van der Waals surface area contributed by atoms with E-state index in [1.54, 1.807) is 6.33 Å². The molecule has 1 aromatic heterocycles. The fourth-order valence-electron chi connectivity index (χ4n) is 3.03. The summed E-state index contributed by atoms with van der Waals surface area (Å²) in [6, 6.07) is 0.632. The average Bonchev–Trinajstić information content (AvgIpc) is 2.71. The Morgan fingerprint density at radius 1 is 1.47 bits per heavy atom. The SMILES string of the molecule is CC(C)Cn1ncnc1CNC1CCCC(C)(C)C1. The first-order valence-corrected chi connectivity index (χ1v) is 7.56. The third kappa shape index (κ3) is 4.30. The van der Waals surface area contributed by atoms with Crippen molar-refractivity contribution in [2.75, 3.05) is 0 Å². The summed E-state index contributed by atoms with van der Waals surface area (Å²) in [5.41, 5.74) is 0.488. The molecule has 1 N–H and O–H groups in total. The molecule has 19 heavy (non-hydrogen) atoms. The molecule has 1 fully saturated rings. The van der Waals surface area contributed by atoms with E-state index in [4.69, 9.17) is 0 Å². The Bertz CT molecular complexity index is 395.